The van der Waals surface area contributed by atoms with Gasteiger partial charge in [-0.3, -0.25) is 9.69 Å². The van der Waals surface area contributed by atoms with Crippen molar-refractivity contribution in [3.05, 3.63) is 89.7 Å². The van der Waals surface area contributed by atoms with Gasteiger partial charge in [-0.15, -0.1) is 0 Å². The van der Waals surface area contributed by atoms with E-state index in [2.05, 4.69) is 0 Å². The zero-order valence-electron chi connectivity index (χ0n) is 15.5. The van der Waals surface area contributed by atoms with Crippen molar-refractivity contribution in [1.82, 2.24) is 0 Å². The van der Waals surface area contributed by atoms with Crippen molar-refractivity contribution in [3.63, 3.8) is 0 Å². The topological polar surface area (TPSA) is 64.8 Å². The number of hydrogen-bond acceptors (Lipinski definition) is 4. The Bertz CT molecular complexity index is 1040. The summed E-state index contributed by atoms with van der Waals surface area (Å²) in [5.74, 6) is 1.34. The lowest BCUT2D eigenvalue weighted by molar-refractivity contribution is -0.117. The number of nitrogen functional groups attached to an aromatic ring is 1. The van der Waals surface area contributed by atoms with E-state index in [0.29, 0.717) is 29.4 Å². The number of hydrogen-bond donors (Lipinski definition) is 1. The molecule has 140 valence electrons. The largest absolute Gasteiger partial charge is 0.497 e. The fraction of sp³-hybridized carbons (Fsp3) is 0.0870. The van der Waals surface area contributed by atoms with Crippen LogP contribution in [0.1, 0.15) is 11.1 Å². The van der Waals surface area contributed by atoms with E-state index in [1.165, 1.54) is 0 Å². The molecule has 2 N–H and O–H groups in total. The van der Waals surface area contributed by atoms with E-state index in [0.717, 1.165) is 11.1 Å². The minimum atomic E-state index is -0.218. The summed E-state index contributed by atoms with van der Waals surface area (Å²) >= 11 is 0. The minimum Gasteiger partial charge on any atom is -0.497 e. The first-order chi connectivity index (χ1) is 13.6. The zero-order valence-corrected chi connectivity index (χ0v) is 15.5. The highest BCUT2D eigenvalue weighted by Gasteiger charge is 2.30. The van der Waals surface area contributed by atoms with Crippen molar-refractivity contribution in [1.29, 1.82) is 0 Å². The standard InChI is InChI=1S/C23H20N2O3/c1-27-19-9-5-8-17(12-19)13-22-23(26)25(15-16-6-3-2-4-7-16)20-14-18(24)10-11-21(20)28-22/h2-14H,15,24H2,1H3/b22-13+. The number of anilines is 2. The summed E-state index contributed by atoms with van der Waals surface area (Å²) in [5, 5.41) is 0. The molecule has 0 radical (unpaired) electrons. The van der Waals surface area contributed by atoms with Gasteiger partial charge in [-0.05, 0) is 47.5 Å². The molecule has 0 fully saturated rings. The van der Waals surface area contributed by atoms with Gasteiger partial charge in [-0.1, -0.05) is 42.5 Å². The van der Waals surface area contributed by atoms with E-state index >= 15 is 0 Å². The summed E-state index contributed by atoms with van der Waals surface area (Å²) < 4.78 is 11.2. The lowest BCUT2D eigenvalue weighted by Gasteiger charge is -2.31. The third-order valence-electron chi connectivity index (χ3n) is 4.52. The van der Waals surface area contributed by atoms with E-state index in [9.17, 15) is 4.79 Å². The van der Waals surface area contributed by atoms with Gasteiger partial charge in [0, 0.05) is 5.69 Å². The van der Waals surface area contributed by atoms with Crippen LogP contribution in [0, 0.1) is 0 Å². The highest BCUT2D eigenvalue weighted by molar-refractivity contribution is 6.10. The first-order valence-electron chi connectivity index (χ1n) is 8.93. The average Bonchev–Trinajstić information content (AvgIpc) is 2.72. The average molecular weight is 372 g/mol. The normalized spacial score (nSPS) is 14.5. The lowest BCUT2D eigenvalue weighted by Crippen LogP contribution is -2.36. The summed E-state index contributed by atoms with van der Waals surface area (Å²) in [6.07, 6.45) is 1.72. The Morgan fingerprint density at radius 1 is 1.04 bits per heavy atom. The number of nitrogens with zero attached hydrogens (tertiary/aromatic N) is 1. The maximum Gasteiger partial charge on any atom is 0.294 e. The molecule has 5 nitrogen and oxygen atoms in total. The maximum absolute atomic E-state index is 13.2. The van der Waals surface area contributed by atoms with E-state index in [1.807, 2.05) is 54.6 Å². The Hall–Kier alpha value is -3.73. The molecule has 0 bridgehead atoms. The molecule has 28 heavy (non-hydrogen) atoms. The third kappa shape index (κ3) is 3.55. The summed E-state index contributed by atoms with van der Waals surface area (Å²) in [6, 6.07) is 22.6. The van der Waals surface area contributed by atoms with Crippen LogP contribution in [0.15, 0.2) is 78.6 Å². The molecule has 1 aliphatic rings. The van der Waals surface area contributed by atoms with Crippen molar-refractivity contribution >= 4 is 23.4 Å². The van der Waals surface area contributed by atoms with Gasteiger partial charge < -0.3 is 15.2 Å². The van der Waals surface area contributed by atoms with Crippen molar-refractivity contribution < 1.29 is 14.3 Å². The Kier molecular flexibility index (Phi) is 4.72. The van der Waals surface area contributed by atoms with Crippen LogP contribution in [0.3, 0.4) is 0 Å². The fourth-order valence-corrected chi connectivity index (χ4v) is 3.13. The van der Waals surface area contributed by atoms with Gasteiger partial charge in [0.2, 0.25) is 0 Å². The van der Waals surface area contributed by atoms with Crippen LogP contribution in [0.4, 0.5) is 11.4 Å². The highest BCUT2D eigenvalue weighted by atomic mass is 16.5. The van der Waals surface area contributed by atoms with Crippen LogP contribution in [-0.4, -0.2) is 13.0 Å². The van der Waals surface area contributed by atoms with Crippen LogP contribution in [0.5, 0.6) is 11.5 Å². The molecule has 5 heteroatoms. The molecular weight excluding hydrogens is 352 g/mol. The lowest BCUT2D eigenvalue weighted by atomic mass is 10.1. The van der Waals surface area contributed by atoms with Crippen LogP contribution < -0.4 is 20.1 Å². The van der Waals surface area contributed by atoms with Gasteiger partial charge in [0.05, 0.1) is 19.3 Å². The van der Waals surface area contributed by atoms with E-state index in [-0.39, 0.29) is 11.7 Å². The van der Waals surface area contributed by atoms with E-state index in [4.69, 9.17) is 15.2 Å². The summed E-state index contributed by atoms with van der Waals surface area (Å²) in [5.41, 5.74) is 9.03. The number of carbonyl (C=O) groups excluding carboxylic acids is 1. The first kappa shape index (κ1) is 17.7. The number of methoxy groups -OCH3 is 1. The molecule has 1 heterocycles. The fourth-order valence-electron chi connectivity index (χ4n) is 3.13. The Balaban J connectivity index is 1.75. The number of ether oxygens (including phenoxy) is 2. The number of rotatable bonds is 4. The van der Waals surface area contributed by atoms with Gasteiger partial charge in [0.1, 0.15) is 5.75 Å². The molecule has 0 unspecified atom stereocenters. The van der Waals surface area contributed by atoms with Crippen LogP contribution in [0.2, 0.25) is 0 Å². The number of amides is 1. The summed E-state index contributed by atoms with van der Waals surface area (Å²) in [7, 11) is 1.61. The van der Waals surface area contributed by atoms with Gasteiger partial charge in [-0.25, -0.2) is 0 Å². The van der Waals surface area contributed by atoms with Gasteiger partial charge in [0.15, 0.2) is 11.5 Å². The molecule has 0 saturated carbocycles. The summed E-state index contributed by atoms with van der Waals surface area (Å²) in [4.78, 5) is 14.9. The molecule has 0 spiro atoms. The number of fused-ring (bicyclic) bond motifs is 1. The maximum atomic E-state index is 13.2. The Morgan fingerprint density at radius 3 is 2.64 bits per heavy atom. The predicted octanol–water partition coefficient (Wildman–Crippen LogP) is 4.24. The number of carbonyl (C=O) groups is 1. The van der Waals surface area contributed by atoms with Gasteiger partial charge in [0.25, 0.3) is 5.91 Å². The van der Waals surface area contributed by atoms with Crippen LogP contribution in [-0.2, 0) is 11.3 Å². The van der Waals surface area contributed by atoms with Crippen LogP contribution >= 0.6 is 0 Å². The van der Waals surface area contributed by atoms with Gasteiger partial charge >= 0.3 is 0 Å². The second-order valence-electron chi connectivity index (χ2n) is 6.49. The summed E-state index contributed by atoms with van der Waals surface area (Å²) in [6.45, 7) is 0.426. The minimum absolute atomic E-state index is 0.218. The molecule has 0 aromatic heterocycles. The molecule has 1 amide bonds. The molecule has 3 aromatic rings. The quantitative estimate of drug-likeness (QED) is 0.549. The van der Waals surface area contributed by atoms with E-state index < -0.39 is 0 Å². The Morgan fingerprint density at radius 2 is 1.86 bits per heavy atom. The Labute approximate surface area is 163 Å². The molecular formula is C23H20N2O3. The molecule has 0 aliphatic carbocycles. The SMILES string of the molecule is COc1cccc(/C=C2/Oc3ccc(N)cc3N(Cc3ccccc3)C2=O)c1. The van der Waals surface area contributed by atoms with Gasteiger partial charge in [-0.2, -0.15) is 0 Å². The van der Waals surface area contributed by atoms with Crippen molar-refractivity contribution in [2.45, 2.75) is 6.54 Å². The second kappa shape index (κ2) is 7.48. The molecule has 1 aliphatic heterocycles. The molecule has 0 saturated heterocycles. The first-order valence-corrected chi connectivity index (χ1v) is 8.93. The van der Waals surface area contributed by atoms with Crippen molar-refractivity contribution in [2.75, 3.05) is 17.7 Å². The monoisotopic (exact) mass is 372 g/mol. The smallest absolute Gasteiger partial charge is 0.294 e. The second-order valence-corrected chi connectivity index (χ2v) is 6.49. The van der Waals surface area contributed by atoms with Crippen LogP contribution in [0.25, 0.3) is 6.08 Å². The van der Waals surface area contributed by atoms with Crippen molar-refractivity contribution in [2.24, 2.45) is 0 Å². The highest BCUT2D eigenvalue weighted by Crippen LogP contribution is 2.38. The zero-order chi connectivity index (χ0) is 19.5. The third-order valence-corrected chi connectivity index (χ3v) is 4.52. The van der Waals surface area contributed by atoms with Crippen molar-refractivity contribution in [3.8, 4) is 11.5 Å². The number of benzene rings is 3. The number of nitrogens with two attached hydrogens (primary N) is 1. The molecule has 3 aromatic carbocycles. The van der Waals surface area contributed by atoms with E-state index in [1.54, 1.807) is 36.3 Å². The predicted molar refractivity (Wildman–Crippen MR) is 110 cm³/mol. The molecule has 4 rings (SSSR count). The molecule has 0 atom stereocenters.